The molecule has 1 amide bonds. The normalized spacial score (nSPS) is 12.4. The van der Waals surface area contributed by atoms with E-state index in [1.54, 1.807) is 4.52 Å². The van der Waals surface area contributed by atoms with Crippen molar-refractivity contribution in [3.8, 4) is 22.8 Å². The molecule has 0 radical (unpaired) electrons. The Balaban J connectivity index is 1.35. The van der Waals surface area contributed by atoms with Gasteiger partial charge >= 0.3 is 0 Å². The van der Waals surface area contributed by atoms with E-state index < -0.39 is 0 Å². The van der Waals surface area contributed by atoms with Crippen LogP contribution in [0.5, 0.6) is 11.5 Å². The summed E-state index contributed by atoms with van der Waals surface area (Å²) in [6.07, 6.45) is 0. The average molecular weight is 427 g/mol. The number of fused-ring (bicyclic) bond motifs is 2. The Bertz CT molecular complexity index is 1220. The molecule has 4 heterocycles. The van der Waals surface area contributed by atoms with Crippen LogP contribution in [0.3, 0.4) is 0 Å². The van der Waals surface area contributed by atoms with Crippen LogP contribution in [0.2, 0.25) is 0 Å². The first kappa shape index (κ1) is 17.8. The van der Waals surface area contributed by atoms with Gasteiger partial charge in [0.25, 0.3) is 0 Å². The highest BCUT2D eigenvalue weighted by Gasteiger charge is 2.16. The molecule has 1 aliphatic rings. The lowest BCUT2D eigenvalue weighted by molar-refractivity contribution is -0.113. The summed E-state index contributed by atoms with van der Waals surface area (Å²) in [4.78, 5) is 12.2. The van der Waals surface area contributed by atoms with Crippen LogP contribution in [-0.4, -0.2) is 48.5 Å². The second-order valence-corrected chi connectivity index (χ2v) is 8.13. The molecular weight excluding hydrogens is 414 g/mol. The van der Waals surface area contributed by atoms with E-state index >= 15 is 0 Å². The summed E-state index contributed by atoms with van der Waals surface area (Å²) in [5.74, 6) is 1.35. The van der Waals surface area contributed by atoms with Crippen LogP contribution in [0.15, 0.2) is 35.5 Å². The van der Waals surface area contributed by atoms with E-state index in [2.05, 4.69) is 30.8 Å². The number of ether oxygens (including phenoxy) is 2. The van der Waals surface area contributed by atoms with Crippen LogP contribution in [0.4, 0.5) is 5.13 Å². The van der Waals surface area contributed by atoms with Gasteiger partial charge in [-0.05, 0) is 37.3 Å². The van der Waals surface area contributed by atoms with Gasteiger partial charge in [-0.3, -0.25) is 10.1 Å². The molecule has 1 aliphatic heterocycles. The minimum Gasteiger partial charge on any atom is -0.454 e. The van der Waals surface area contributed by atoms with Crippen LogP contribution in [0.25, 0.3) is 16.9 Å². The highest BCUT2D eigenvalue weighted by Crippen LogP contribution is 2.35. The van der Waals surface area contributed by atoms with E-state index in [1.807, 2.05) is 37.3 Å². The quantitative estimate of drug-likeness (QED) is 0.479. The van der Waals surface area contributed by atoms with Gasteiger partial charge < -0.3 is 9.47 Å². The third-order valence-corrected chi connectivity index (χ3v) is 5.68. The maximum absolute atomic E-state index is 12.2. The van der Waals surface area contributed by atoms with Gasteiger partial charge in [0.1, 0.15) is 5.01 Å². The van der Waals surface area contributed by atoms with Crippen LogP contribution in [0.1, 0.15) is 5.01 Å². The number of carbonyl (C=O) groups excluding carboxylic acids is 1. The SMILES string of the molecule is Cc1nnc(NC(=O)CSc2nnc3ccc(-c4ccc5c(c4)OCO5)nn23)s1. The molecule has 10 nitrogen and oxygen atoms in total. The zero-order chi connectivity index (χ0) is 19.8. The fraction of sp³-hybridized carbons (Fsp3) is 0.176. The highest BCUT2D eigenvalue weighted by atomic mass is 32.2. The maximum atomic E-state index is 12.2. The van der Waals surface area contributed by atoms with Gasteiger partial charge in [0.2, 0.25) is 23.0 Å². The Labute approximate surface area is 172 Å². The molecule has 0 atom stereocenters. The summed E-state index contributed by atoms with van der Waals surface area (Å²) >= 11 is 2.56. The molecule has 29 heavy (non-hydrogen) atoms. The first-order valence-corrected chi connectivity index (χ1v) is 10.3. The van der Waals surface area contributed by atoms with Crippen molar-refractivity contribution in [1.29, 1.82) is 0 Å². The van der Waals surface area contributed by atoms with Crippen molar-refractivity contribution in [1.82, 2.24) is 30.0 Å². The Hall–Kier alpha value is -3.25. The number of amides is 1. The molecule has 0 bridgehead atoms. The van der Waals surface area contributed by atoms with Gasteiger partial charge in [-0.2, -0.15) is 9.61 Å². The molecular formula is C17H13N7O3S2. The third-order valence-electron chi connectivity index (χ3n) is 4.01. The number of aromatic nitrogens is 6. The Morgan fingerprint density at radius 1 is 1.17 bits per heavy atom. The third kappa shape index (κ3) is 3.59. The first-order chi connectivity index (χ1) is 14.2. The van der Waals surface area contributed by atoms with Crippen molar-refractivity contribution in [3.05, 3.63) is 35.3 Å². The molecule has 0 aliphatic carbocycles. The van der Waals surface area contributed by atoms with Crippen LogP contribution >= 0.6 is 23.1 Å². The number of thioether (sulfide) groups is 1. The number of nitrogens with zero attached hydrogens (tertiary/aromatic N) is 6. The Morgan fingerprint density at radius 2 is 2.07 bits per heavy atom. The Kier molecular flexibility index (Phi) is 4.48. The van der Waals surface area contributed by atoms with Gasteiger partial charge in [0.05, 0.1) is 11.4 Å². The van der Waals surface area contributed by atoms with E-state index in [0.717, 1.165) is 16.3 Å². The summed E-state index contributed by atoms with van der Waals surface area (Å²) in [5.41, 5.74) is 2.20. The lowest BCUT2D eigenvalue weighted by atomic mass is 10.1. The smallest absolute Gasteiger partial charge is 0.236 e. The van der Waals surface area contributed by atoms with Gasteiger partial charge in [0.15, 0.2) is 17.1 Å². The predicted molar refractivity (Wildman–Crippen MR) is 106 cm³/mol. The topological polar surface area (TPSA) is 116 Å². The first-order valence-electron chi connectivity index (χ1n) is 8.51. The summed E-state index contributed by atoms with van der Waals surface area (Å²) in [6, 6.07) is 9.33. The summed E-state index contributed by atoms with van der Waals surface area (Å²) in [7, 11) is 0. The molecule has 0 saturated heterocycles. The van der Waals surface area contributed by atoms with Crippen molar-refractivity contribution in [2.24, 2.45) is 0 Å². The maximum Gasteiger partial charge on any atom is 0.236 e. The minimum absolute atomic E-state index is 0.148. The van der Waals surface area contributed by atoms with Gasteiger partial charge in [-0.25, -0.2) is 0 Å². The molecule has 1 aromatic carbocycles. The fourth-order valence-electron chi connectivity index (χ4n) is 2.70. The lowest BCUT2D eigenvalue weighted by Crippen LogP contribution is -2.14. The van der Waals surface area contributed by atoms with Gasteiger partial charge in [-0.1, -0.05) is 23.1 Å². The number of rotatable bonds is 5. The number of benzene rings is 1. The largest absolute Gasteiger partial charge is 0.454 e. The molecule has 12 heteroatoms. The average Bonchev–Trinajstić information content (AvgIpc) is 3.45. The molecule has 0 spiro atoms. The minimum atomic E-state index is -0.199. The second kappa shape index (κ2) is 7.29. The van der Waals surface area contributed by atoms with E-state index in [-0.39, 0.29) is 18.5 Å². The zero-order valence-electron chi connectivity index (χ0n) is 15.0. The van der Waals surface area contributed by atoms with Crippen molar-refractivity contribution in [3.63, 3.8) is 0 Å². The standard InChI is InChI=1S/C17H13N7O3S2/c1-9-19-21-16(29-9)18-15(25)7-28-17-22-20-14-5-3-11(23-24(14)17)10-2-4-12-13(6-10)27-8-26-12/h2-6H,7-8H2,1H3,(H,18,21,25). The van der Waals surface area contributed by atoms with Crippen molar-refractivity contribution < 1.29 is 14.3 Å². The summed E-state index contributed by atoms with van der Waals surface area (Å²) < 4.78 is 12.4. The van der Waals surface area contributed by atoms with E-state index in [0.29, 0.717) is 27.4 Å². The highest BCUT2D eigenvalue weighted by molar-refractivity contribution is 7.99. The molecule has 0 saturated carbocycles. The number of aryl methyl sites for hydroxylation is 1. The molecule has 0 fully saturated rings. The number of anilines is 1. The number of carbonyl (C=O) groups is 1. The molecule has 1 N–H and O–H groups in total. The van der Waals surface area contributed by atoms with E-state index in [1.165, 1.54) is 23.1 Å². The summed E-state index contributed by atoms with van der Waals surface area (Å²) in [6.45, 7) is 2.05. The second-order valence-electron chi connectivity index (χ2n) is 6.00. The number of hydrogen-bond acceptors (Lipinski definition) is 10. The Morgan fingerprint density at radius 3 is 2.93 bits per heavy atom. The van der Waals surface area contributed by atoms with Gasteiger partial charge in [-0.15, -0.1) is 20.4 Å². The van der Waals surface area contributed by atoms with E-state index in [4.69, 9.17) is 9.47 Å². The van der Waals surface area contributed by atoms with E-state index in [9.17, 15) is 4.79 Å². The van der Waals surface area contributed by atoms with Gasteiger partial charge in [0, 0.05) is 5.56 Å². The van der Waals surface area contributed by atoms with Crippen LogP contribution in [0, 0.1) is 6.92 Å². The monoisotopic (exact) mass is 427 g/mol. The molecule has 5 rings (SSSR count). The number of hydrogen-bond donors (Lipinski definition) is 1. The van der Waals surface area contributed by atoms with Crippen LogP contribution < -0.4 is 14.8 Å². The predicted octanol–water partition coefficient (Wildman–Crippen LogP) is 2.41. The molecule has 146 valence electrons. The molecule has 0 unspecified atom stereocenters. The van der Waals surface area contributed by atoms with Crippen molar-refractivity contribution in [2.75, 3.05) is 17.9 Å². The lowest BCUT2D eigenvalue weighted by Gasteiger charge is -2.04. The molecule has 4 aromatic rings. The van der Waals surface area contributed by atoms with Crippen LogP contribution in [-0.2, 0) is 4.79 Å². The zero-order valence-corrected chi connectivity index (χ0v) is 16.7. The number of nitrogens with one attached hydrogen (secondary N) is 1. The fourth-order valence-corrected chi connectivity index (χ4v) is 4.00. The molecule has 3 aromatic heterocycles. The van der Waals surface area contributed by atoms with Crippen molar-refractivity contribution in [2.45, 2.75) is 12.1 Å². The van der Waals surface area contributed by atoms with Crippen molar-refractivity contribution >= 4 is 39.8 Å². The summed E-state index contributed by atoms with van der Waals surface area (Å²) in [5, 5.41) is 25.1.